The molecule has 5 aromatic rings. The van der Waals surface area contributed by atoms with Crippen molar-refractivity contribution in [2.75, 3.05) is 26.2 Å². The molecule has 170 valence electrons. The number of benzene rings is 4. The van der Waals surface area contributed by atoms with Gasteiger partial charge in [0.05, 0.1) is 5.52 Å². The number of H-pyrrole nitrogens is 1. The lowest BCUT2D eigenvalue weighted by molar-refractivity contribution is 0.183. The van der Waals surface area contributed by atoms with Crippen molar-refractivity contribution in [2.24, 2.45) is 0 Å². The first-order valence-electron chi connectivity index (χ1n) is 12.2. The number of hydrogen-bond acceptors (Lipinski definition) is 3. The summed E-state index contributed by atoms with van der Waals surface area (Å²) >= 11 is 0. The fraction of sp³-hybridized carbons (Fsp3) is 0.233. The van der Waals surface area contributed by atoms with E-state index in [9.17, 15) is 4.79 Å². The van der Waals surface area contributed by atoms with Crippen molar-refractivity contribution < 1.29 is 4.74 Å². The van der Waals surface area contributed by atoms with E-state index in [0.717, 1.165) is 50.5 Å². The quantitative estimate of drug-likeness (QED) is 0.318. The number of pyridine rings is 1. The molecule has 1 aliphatic rings. The van der Waals surface area contributed by atoms with Crippen LogP contribution in [0.1, 0.15) is 19.3 Å². The van der Waals surface area contributed by atoms with Crippen LogP contribution in [0.25, 0.3) is 43.6 Å². The van der Waals surface area contributed by atoms with Gasteiger partial charge < -0.3 is 9.72 Å². The summed E-state index contributed by atoms with van der Waals surface area (Å²) in [7, 11) is 0. The van der Waals surface area contributed by atoms with Gasteiger partial charge in [-0.3, -0.25) is 9.69 Å². The summed E-state index contributed by atoms with van der Waals surface area (Å²) in [5.41, 5.74) is 2.94. The van der Waals surface area contributed by atoms with Gasteiger partial charge >= 0.3 is 0 Å². The number of nitrogens with zero attached hydrogens (tertiary/aromatic N) is 1. The van der Waals surface area contributed by atoms with Crippen molar-refractivity contribution >= 4 is 32.4 Å². The van der Waals surface area contributed by atoms with E-state index in [-0.39, 0.29) is 5.56 Å². The van der Waals surface area contributed by atoms with Crippen LogP contribution in [0.3, 0.4) is 0 Å². The predicted octanol–water partition coefficient (Wildman–Crippen LogP) is 6.37. The van der Waals surface area contributed by atoms with E-state index in [1.807, 2.05) is 42.5 Å². The molecule has 4 nitrogen and oxygen atoms in total. The molecule has 0 atom stereocenters. The van der Waals surface area contributed by atoms with E-state index in [1.54, 1.807) is 0 Å². The topological polar surface area (TPSA) is 45.3 Å². The Labute approximate surface area is 198 Å². The van der Waals surface area contributed by atoms with Crippen LogP contribution in [0.15, 0.2) is 83.7 Å². The van der Waals surface area contributed by atoms with Gasteiger partial charge in [0.15, 0.2) is 0 Å². The molecule has 6 rings (SSSR count). The van der Waals surface area contributed by atoms with Crippen LogP contribution in [-0.4, -0.2) is 36.1 Å². The van der Waals surface area contributed by atoms with E-state index in [0.29, 0.717) is 12.0 Å². The largest absolute Gasteiger partial charge is 0.492 e. The van der Waals surface area contributed by atoms with Gasteiger partial charge in [-0.15, -0.1) is 0 Å². The van der Waals surface area contributed by atoms with Crippen LogP contribution in [0, 0.1) is 0 Å². The second-order valence-corrected chi connectivity index (χ2v) is 9.14. The zero-order valence-corrected chi connectivity index (χ0v) is 19.2. The number of likely N-dealkylation sites (tertiary alicyclic amines) is 1. The first kappa shape index (κ1) is 20.9. The van der Waals surface area contributed by atoms with Gasteiger partial charge in [0.25, 0.3) is 5.56 Å². The number of para-hydroxylation sites is 1. The molecule has 0 saturated carbocycles. The molecule has 4 aromatic carbocycles. The average Bonchev–Trinajstić information content (AvgIpc) is 2.89. The first-order valence-corrected chi connectivity index (χ1v) is 12.2. The lowest BCUT2D eigenvalue weighted by Crippen LogP contribution is -2.33. The molecule has 4 heteroatoms. The summed E-state index contributed by atoms with van der Waals surface area (Å²) in [5, 5.41) is 4.87. The second-order valence-electron chi connectivity index (χ2n) is 9.14. The molecule has 2 heterocycles. The van der Waals surface area contributed by atoms with Gasteiger partial charge in [0, 0.05) is 28.3 Å². The van der Waals surface area contributed by atoms with Crippen molar-refractivity contribution in [1.82, 2.24) is 9.88 Å². The number of piperidine rings is 1. The molecule has 1 fully saturated rings. The van der Waals surface area contributed by atoms with Crippen molar-refractivity contribution in [2.45, 2.75) is 19.3 Å². The average molecular weight is 449 g/mol. The van der Waals surface area contributed by atoms with Gasteiger partial charge in [-0.25, -0.2) is 0 Å². The maximum absolute atomic E-state index is 13.0. The highest BCUT2D eigenvalue weighted by atomic mass is 16.5. The summed E-state index contributed by atoms with van der Waals surface area (Å²) < 4.78 is 6.38. The molecule has 0 radical (unpaired) electrons. The fourth-order valence-corrected chi connectivity index (χ4v) is 5.33. The Balaban J connectivity index is 1.52. The van der Waals surface area contributed by atoms with Crippen LogP contribution in [0.2, 0.25) is 0 Å². The number of ether oxygens (including phenoxy) is 1. The zero-order chi connectivity index (χ0) is 22.9. The summed E-state index contributed by atoms with van der Waals surface area (Å²) in [6.07, 6.45) is 3.90. The summed E-state index contributed by atoms with van der Waals surface area (Å²) in [4.78, 5) is 18.6. The van der Waals surface area contributed by atoms with Crippen molar-refractivity contribution in [3.8, 4) is 16.9 Å². The van der Waals surface area contributed by atoms with Gasteiger partial charge in [-0.2, -0.15) is 0 Å². The maximum atomic E-state index is 13.0. The van der Waals surface area contributed by atoms with Crippen molar-refractivity contribution in [1.29, 1.82) is 0 Å². The molecule has 1 N–H and O–H groups in total. The van der Waals surface area contributed by atoms with Crippen LogP contribution < -0.4 is 10.3 Å². The zero-order valence-electron chi connectivity index (χ0n) is 19.2. The highest BCUT2D eigenvalue weighted by Gasteiger charge is 2.17. The molecule has 1 aliphatic heterocycles. The molecule has 0 unspecified atom stereocenters. The molecular weight excluding hydrogens is 420 g/mol. The van der Waals surface area contributed by atoms with Gasteiger partial charge in [0.1, 0.15) is 12.4 Å². The van der Waals surface area contributed by atoms with Crippen LogP contribution in [0.4, 0.5) is 0 Å². The number of aromatic amines is 1. The third-order valence-corrected chi connectivity index (χ3v) is 7.02. The first-order chi connectivity index (χ1) is 16.8. The second kappa shape index (κ2) is 8.96. The Morgan fingerprint density at radius 3 is 2.32 bits per heavy atom. The van der Waals surface area contributed by atoms with Crippen molar-refractivity contribution in [3.05, 3.63) is 89.2 Å². The van der Waals surface area contributed by atoms with Crippen LogP contribution in [-0.2, 0) is 0 Å². The molecule has 34 heavy (non-hydrogen) atoms. The molecule has 1 saturated heterocycles. The van der Waals surface area contributed by atoms with Gasteiger partial charge in [0.2, 0.25) is 0 Å². The van der Waals surface area contributed by atoms with E-state index in [4.69, 9.17) is 4.74 Å². The third kappa shape index (κ3) is 3.74. The van der Waals surface area contributed by atoms with Crippen LogP contribution in [0.5, 0.6) is 5.75 Å². The highest BCUT2D eigenvalue weighted by Crippen LogP contribution is 2.40. The lowest BCUT2D eigenvalue weighted by atomic mass is 9.92. The Bertz CT molecular complexity index is 1550. The smallest absolute Gasteiger partial charge is 0.256 e. The monoisotopic (exact) mass is 448 g/mol. The number of hydrogen-bond donors (Lipinski definition) is 1. The number of nitrogens with one attached hydrogen (secondary N) is 1. The lowest BCUT2D eigenvalue weighted by Gasteiger charge is -2.26. The minimum atomic E-state index is -0.0588. The van der Waals surface area contributed by atoms with E-state index in [2.05, 4.69) is 46.3 Å². The summed E-state index contributed by atoms with van der Waals surface area (Å²) in [6.45, 7) is 3.95. The summed E-state index contributed by atoms with van der Waals surface area (Å²) in [5.74, 6) is 0.881. The van der Waals surface area contributed by atoms with E-state index < -0.39 is 0 Å². The fourth-order valence-electron chi connectivity index (χ4n) is 5.33. The molecular formula is C30H28N2O2. The Morgan fingerprint density at radius 1 is 0.765 bits per heavy atom. The molecule has 0 aliphatic carbocycles. The minimum Gasteiger partial charge on any atom is -0.492 e. The molecule has 0 bridgehead atoms. The summed E-state index contributed by atoms with van der Waals surface area (Å²) in [6, 6.07) is 26.6. The standard InChI is InChI=1S/C30H28N2O2/c33-30-25-14-5-4-13-24(25)28-26(20-21-10-2-3-11-22(21)29(28)31-30)23-12-6-7-15-27(23)34-19-18-32-16-8-1-9-17-32/h2-7,10-15,20H,1,8-9,16-19H2,(H,31,33). The minimum absolute atomic E-state index is 0.0588. The van der Waals surface area contributed by atoms with Crippen molar-refractivity contribution in [3.63, 3.8) is 0 Å². The van der Waals surface area contributed by atoms with Gasteiger partial charge in [-0.05, 0) is 60.5 Å². The number of fused-ring (bicyclic) bond motifs is 5. The number of rotatable bonds is 5. The third-order valence-electron chi connectivity index (χ3n) is 7.02. The normalized spacial score (nSPS) is 14.7. The van der Waals surface area contributed by atoms with E-state index >= 15 is 0 Å². The van der Waals surface area contributed by atoms with Gasteiger partial charge in [-0.1, -0.05) is 67.1 Å². The molecule has 0 spiro atoms. The molecule has 1 aromatic heterocycles. The maximum Gasteiger partial charge on any atom is 0.256 e. The Hall–Kier alpha value is -3.63. The number of aromatic nitrogens is 1. The SMILES string of the molecule is O=c1[nH]c2c3ccccc3cc(-c3ccccc3OCCN3CCCCC3)c2c2ccccc12. The Kier molecular flexibility index (Phi) is 5.52. The van der Waals surface area contributed by atoms with Crippen LogP contribution >= 0.6 is 0 Å². The molecule has 0 amide bonds. The Morgan fingerprint density at radius 2 is 1.47 bits per heavy atom. The predicted molar refractivity (Wildman–Crippen MR) is 141 cm³/mol. The highest BCUT2D eigenvalue weighted by molar-refractivity contribution is 6.21. The van der Waals surface area contributed by atoms with E-state index in [1.165, 1.54) is 32.4 Å².